The Hall–Kier alpha value is -4.07. The van der Waals surface area contributed by atoms with Crippen LogP contribution in [0.3, 0.4) is 0 Å². The molecule has 4 aromatic heterocycles. The van der Waals surface area contributed by atoms with Crippen LogP contribution in [0.2, 0.25) is 0 Å². The Bertz CT molecular complexity index is 1460. The van der Waals surface area contributed by atoms with E-state index in [9.17, 15) is 4.79 Å². The molecule has 0 saturated heterocycles. The molecule has 0 spiro atoms. The van der Waals surface area contributed by atoms with Crippen molar-refractivity contribution in [2.75, 3.05) is 5.32 Å². The Morgan fingerprint density at radius 1 is 1.15 bits per heavy atom. The van der Waals surface area contributed by atoms with Gasteiger partial charge in [0, 0.05) is 29.6 Å². The number of amides is 1. The van der Waals surface area contributed by atoms with Gasteiger partial charge in [0.05, 0.1) is 22.6 Å². The fourth-order valence-electron chi connectivity index (χ4n) is 4.26. The number of nitrogens with zero attached hydrogens (tertiary/aromatic N) is 4. The summed E-state index contributed by atoms with van der Waals surface area (Å²) in [5.74, 6) is 0.949. The normalized spacial score (nSPS) is 14.0. The maximum atomic E-state index is 12.5. The number of aromatic amines is 2. The van der Waals surface area contributed by atoms with E-state index in [1.807, 2.05) is 18.3 Å². The number of nitrogens with one attached hydrogen (secondary N) is 3. The fraction of sp³-hybridized carbons (Fsp3) is 0.240. The van der Waals surface area contributed by atoms with E-state index in [1.54, 1.807) is 12.4 Å². The fourth-order valence-corrected chi connectivity index (χ4v) is 4.26. The first-order chi connectivity index (χ1) is 16.2. The Morgan fingerprint density at radius 2 is 2.06 bits per heavy atom. The predicted molar refractivity (Wildman–Crippen MR) is 128 cm³/mol. The van der Waals surface area contributed by atoms with Gasteiger partial charge >= 0.3 is 0 Å². The molecule has 4 heterocycles. The van der Waals surface area contributed by atoms with Crippen LogP contribution >= 0.6 is 0 Å². The summed E-state index contributed by atoms with van der Waals surface area (Å²) >= 11 is 0. The van der Waals surface area contributed by atoms with E-state index in [-0.39, 0.29) is 11.8 Å². The van der Waals surface area contributed by atoms with Gasteiger partial charge in [-0.25, -0.2) is 9.97 Å². The summed E-state index contributed by atoms with van der Waals surface area (Å²) in [6.45, 7) is 2.11. The molecule has 1 aliphatic carbocycles. The zero-order valence-electron chi connectivity index (χ0n) is 18.2. The molecule has 0 bridgehead atoms. The van der Waals surface area contributed by atoms with Crippen molar-refractivity contribution >= 4 is 33.7 Å². The number of carbonyl (C=O) groups is 1. The summed E-state index contributed by atoms with van der Waals surface area (Å²) in [6.07, 6.45) is 9.27. The minimum absolute atomic E-state index is 0.116. The van der Waals surface area contributed by atoms with Gasteiger partial charge in [-0.1, -0.05) is 19.4 Å². The maximum Gasteiger partial charge on any atom is 0.227 e. The Kier molecular flexibility index (Phi) is 4.64. The molecular weight excluding hydrogens is 414 g/mol. The summed E-state index contributed by atoms with van der Waals surface area (Å²) in [5, 5.41) is 11.4. The van der Waals surface area contributed by atoms with Crippen molar-refractivity contribution in [1.29, 1.82) is 0 Å². The van der Waals surface area contributed by atoms with Gasteiger partial charge in [-0.3, -0.25) is 14.9 Å². The third kappa shape index (κ3) is 3.53. The van der Waals surface area contributed by atoms with Crippen LogP contribution in [-0.2, 0) is 11.2 Å². The lowest BCUT2D eigenvalue weighted by molar-refractivity contribution is -0.122. The average molecular weight is 438 g/mol. The van der Waals surface area contributed by atoms with E-state index >= 15 is 0 Å². The summed E-state index contributed by atoms with van der Waals surface area (Å²) in [5.41, 5.74) is 7.06. The number of aryl methyl sites for hydroxylation is 1. The molecule has 6 rings (SSSR count). The van der Waals surface area contributed by atoms with Crippen molar-refractivity contribution in [2.24, 2.45) is 5.92 Å². The molecule has 0 unspecified atom stereocenters. The van der Waals surface area contributed by atoms with Gasteiger partial charge in [-0.2, -0.15) is 5.10 Å². The lowest BCUT2D eigenvalue weighted by Gasteiger charge is -2.24. The second kappa shape index (κ2) is 7.81. The van der Waals surface area contributed by atoms with E-state index < -0.39 is 0 Å². The predicted octanol–water partition coefficient (Wildman–Crippen LogP) is 4.86. The molecule has 1 fully saturated rings. The number of benzene rings is 1. The minimum atomic E-state index is 0.116. The zero-order valence-corrected chi connectivity index (χ0v) is 18.2. The van der Waals surface area contributed by atoms with E-state index in [4.69, 9.17) is 0 Å². The van der Waals surface area contributed by atoms with Gasteiger partial charge in [0.25, 0.3) is 0 Å². The van der Waals surface area contributed by atoms with Crippen LogP contribution in [0.5, 0.6) is 0 Å². The third-order valence-electron chi connectivity index (χ3n) is 6.41. The van der Waals surface area contributed by atoms with Crippen molar-refractivity contribution in [3.63, 3.8) is 0 Å². The van der Waals surface area contributed by atoms with Crippen molar-refractivity contribution in [2.45, 2.75) is 32.6 Å². The molecule has 1 aliphatic rings. The molecule has 8 heteroatoms. The number of pyridine rings is 2. The van der Waals surface area contributed by atoms with Crippen LogP contribution < -0.4 is 5.32 Å². The van der Waals surface area contributed by atoms with Gasteiger partial charge in [0.1, 0.15) is 5.69 Å². The Morgan fingerprint density at radius 3 is 2.85 bits per heavy atom. The second-order valence-electron chi connectivity index (χ2n) is 8.56. The van der Waals surface area contributed by atoms with E-state index in [1.165, 1.54) is 0 Å². The molecule has 164 valence electrons. The van der Waals surface area contributed by atoms with Crippen LogP contribution in [0.15, 0.2) is 48.9 Å². The molecule has 1 amide bonds. The minimum Gasteiger partial charge on any atom is -0.335 e. The van der Waals surface area contributed by atoms with E-state index in [0.29, 0.717) is 11.5 Å². The molecule has 33 heavy (non-hydrogen) atoms. The number of hydrogen-bond donors (Lipinski definition) is 3. The van der Waals surface area contributed by atoms with Crippen LogP contribution in [0.25, 0.3) is 44.7 Å². The van der Waals surface area contributed by atoms with Crippen LogP contribution in [0, 0.1) is 5.92 Å². The van der Waals surface area contributed by atoms with Crippen molar-refractivity contribution in [3.8, 4) is 22.6 Å². The topological polar surface area (TPSA) is 112 Å². The lowest BCUT2D eigenvalue weighted by Crippen LogP contribution is -2.28. The standard InChI is InChI=1S/C25H23N7O/c1-2-14-8-16(10-18(9-14)28-25(33)15-4-3-5-15)17-11-19-22(31-32-23(19)27-12-17)24-29-20-6-7-26-13-21(20)30-24/h6-13,15H,2-5H2,1H3,(H,28,33)(H,29,30)(H,27,31,32). The quantitative estimate of drug-likeness (QED) is 0.363. The van der Waals surface area contributed by atoms with Crippen LogP contribution in [-0.4, -0.2) is 36.0 Å². The highest BCUT2D eigenvalue weighted by Gasteiger charge is 2.25. The molecule has 8 nitrogen and oxygen atoms in total. The monoisotopic (exact) mass is 437 g/mol. The number of carbonyl (C=O) groups excluding carboxylic acids is 1. The summed E-state index contributed by atoms with van der Waals surface area (Å²) < 4.78 is 0. The molecule has 3 N–H and O–H groups in total. The molecule has 0 atom stereocenters. The third-order valence-corrected chi connectivity index (χ3v) is 6.41. The largest absolute Gasteiger partial charge is 0.335 e. The van der Waals surface area contributed by atoms with Gasteiger partial charge in [-0.05, 0) is 54.7 Å². The van der Waals surface area contributed by atoms with Crippen molar-refractivity contribution < 1.29 is 4.79 Å². The SMILES string of the molecule is CCc1cc(NC(=O)C2CCC2)cc(-c2cnc3n[nH]c(-c4nc5ccncc5[nH]4)c3c2)c1. The van der Waals surface area contributed by atoms with E-state index in [2.05, 4.69) is 60.6 Å². The molecule has 1 aromatic carbocycles. The Balaban J connectivity index is 1.40. The molecule has 1 saturated carbocycles. The van der Waals surface area contributed by atoms with Gasteiger partial charge in [0.2, 0.25) is 5.91 Å². The van der Waals surface area contributed by atoms with Crippen LogP contribution in [0.1, 0.15) is 31.7 Å². The maximum absolute atomic E-state index is 12.5. The average Bonchev–Trinajstić information content (AvgIpc) is 3.40. The first-order valence-corrected chi connectivity index (χ1v) is 11.3. The Labute approximate surface area is 189 Å². The number of anilines is 1. The van der Waals surface area contributed by atoms with Gasteiger partial charge in [-0.15, -0.1) is 0 Å². The first-order valence-electron chi connectivity index (χ1n) is 11.3. The number of rotatable bonds is 5. The number of fused-ring (bicyclic) bond motifs is 2. The number of H-pyrrole nitrogens is 2. The molecule has 0 radical (unpaired) electrons. The highest BCUT2D eigenvalue weighted by molar-refractivity contribution is 5.95. The van der Waals surface area contributed by atoms with Crippen LogP contribution in [0.4, 0.5) is 5.69 Å². The molecular formula is C25H23N7O. The van der Waals surface area contributed by atoms with Crippen molar-refractivity contribution in [3.05, 3.63) is 54.5 Å². The number of imidazole rings is 1. The van der Waals surface area contributed by atoms with Crippen molar-refractivity contribution in [1.82, 2.24) is 30.1 Å². The number of hydrogen-bond acceptors (Lipinski definition) is 5. The zero-order chi connectivity index (χ0) is 22.4. The van der Waals surface area contributed by atoms with E-state index in [0.717, 1.165) is 70.2 Å². The summed E-state index contributed by atoms with van der Waals surface area (Å²) in [6, 6.07) is 10.2. The smallest absolute Gasteiger partial charge is 0.227 e. The lowest BCUT2D eigenvalue weighted by atomic mass is 9.85. The highest BCUT2D eigenvalue weighted by atomic mass is 16.1. The summed E-state index contributed by atoms with van der Waals surface area (Å²) in [7, 11) is 0. The first kappa shape index (κ1) is 19.6. The highest BCUT2D eigenvalue weighted by Crippen LogP contribution is 2.32. The number of aromatic nitrogens is 6. The molecule has 5 aromatic rings. The summed E-state index contributed by atoms with van der Waals surface area (Å²) in [4.78, 5) is 29.2. The second-order valence-corrected chi connectivity index (χ2v) is 8.56. The van der Waals surface area contributed by atoms with Gasteiger partial charge in [0.15, 0.2) is 11.5 Å². The van der Waals surface area contributed by atoms with Gasteiger partial charge < -0.3 is 10.3 Å². The molecule has 0 aliphatic heterocycles.